The van der Waals surface area contributed by atoms with Crippen molar-refractivity contribution in [3.05, 3.63) is 0 Å². The molecule has 0 spiro atoms. The first-order valence-electron chi connectivity index (χ1n) is 13.7. The topological polar surface area (TPSA) is 104 Å². The third-order valence-corrected chi connectivity index (χ3v) is 11.0. The number of hydrogen-bond donors (Lipinski definition) is 2. The van der Waals surface area contributed by atoms with Gasteiger partial charge in [-0.2, -0.15) is 8.42 Å². The quantitative estimate of drug-likeness (QED) is 0.449. The summed E-state index contributed by atoms with van der Waals surface area (Å²) < 4.78 is 36.5. The van der Waals surface area contributed by atoms with E-state index in [0.29, 0.717) is 35.5 Å². The molecule has 35 heavy (non-hydrogen) atoms. The molecule has 0 aliphatic heterocycles. The highest BCUT2D eigenvalue weighted by molar-refractivity contribution is 7.80. The van der Waals surface area contributed by atoms with E-state index in [2.05, 4.69) is 20.8 Å². The number of hydrogen-bond acceptors (Lipinski definition) is 5. The summed E-state index contributed by atoms with van der Waals surface area (Å²) in [6, 6.07) is 0. The van der Waals surface area contributed by atoms with Crippen LogP contribution in [0.4, 0.5) is 0 Å². The van der Waals surface area contributed by atoms with Gasteiger partial charge in [-0.1, -0.05) is 20.8 Å². The lowest BCUT2D eigenvalue weighted by Crippen LogP contribution is -2.54. The molecule has 0 bridgehead atoms. The first-order chi connectivity index (χ1) is 16.2. The summed E-state index contributed by atoms with van der Waals surface area (Å²) in [6.45, 7) is 7.19. The van der Waals surface area contributed by atoms with Crippen molar-refractivity contribution >= 4 is 16.4 Å². The molecule has 0 radical (unpaired) electrons. The van der Waals surface area contributed by atoms with E-state index in [0.717, 1.165) is 37.5 Å². The second kappa shape index (κ2) is 11.0. The summed E-state index contributed by atoms with van der Waals surface area (Å²) in [7, 11) is 1.61. The van der Waals surface area contributed by atoms with Gasteiger partial charge >= 0.3 is 16.4 Å². The highest BCUT2D eigenvalue weighted by atomic mass is 32.3. The minimum atomic E-state index is -4.39. The highest BCUT2D eigenvalue weighted by Crippen LogP contribution is 2.68. The minimum absolute atomic E-state index is 0.232. The van der Waals surface area contributed by atoms with Gasteiger partial charge in [0.15, 0.2) is 0 Å². The number of nitrogens with zero attached hydrogens (tertiary/aromatic N) is 1. The molecule has 0 saturated heterocycles. The predicted octanol–water partition coefficient (Wildman–Crippen LogP) is 5.51. The van der Waals surface area contributed by atoms with Crippen molar-refractivity contribution in [3.8, 4) is 0 Å². The molecule has 7 nitrogen and oxygen atoms in total. The molecule has 2 N–H and O–H groups in total. The van der Waals surface area contributed by atoms with Crippen LogP contribution in [-0.2, 0) is 19.4 Å². The summed E-state index contributed by atoms with van der Waals surface area (Å²) in [4.78, 5) is 13.1. The zero-order valence-electron chi connectivity index (χ0n) is 22.7. The van der Waals surface area contributed by atoms with Crippen molar-refractivity contribution in [2.45, 2.75) is 97.5 Å². The average molecular weight is 516 g/mol. The largest absolute Gasteiger partial charge is 0.481 e. The molecule has 0 heterocycles. The van der Waals surface area contributed by atoms with Crippen LogP contribution < -0.4 is 0 Å². The summed E-state index contributed by atoms with van der Waals surface area (Å²) in [5.74, 6) is 3.01. The first kappa shape index (κ1) is 28.9. The van der Waals surface area contributed by atoms with E-state index >= 15 is 0 Å². The first-order valence-corrected chi connectivity index (χ1v) is 15.0. The highest BCUT2D eigenvalue weighted by Gasteiger charge is 2.60. The van der Waals surface area contributed by atoms with Gasteiger partial charge in [0.05, 0.1) is 6.10 Å². The molecule has 0 aromatic rings. The summed E-state index contributed by atoms with van der Waals surface area (Å²) in [5, 5.41) is 9.12. The monoisotopic (exact) mass is 515 g/mol. The third kappa shape index (κ3) is 6.42. The van der Waals surface area contributed by atoms with Crippen LogP contribution in [0.25, 0.3) is 0 Å². The maximum Gasteiger partial charge on any atom is 0.397 e. The Morgan fingerprint density at radius 2 is 1.60 bits per heavy atom. The van der Waals surface area contributed by atoms with Crippen molar-refractivity contribution in [1.29, 1.82) is 0 Å². The van der Waals surface area contributed by atoms with E-state index in [9.17, 15) is 13.2 Å². The predicted molar refractivity (Wildman–Crippen MR) is 137 cm³/mol. The fourth-order valence-electron chi connectivity index (χ4n) is 9.01. The maximum atomic E-state index is 11.2. The Morgan fingerprint density at radius 3 is 2.20 bits per heavy atom. The zero-order valence-corrected chi connectivity index (χ0v) is 23.5. The van der Waals surface area contributed by atoms with E-state index in [4.69, 9.17) is 13.8 Å². The van der Waals surface area contributed by atoms with Gasteiger partial charge in [-0.05, 0) is 132 Å². The molecule has 0 aromatic carbocycles. The molecule has 8 heteroatoms. The molecule has 0 aromatic heterocycles. The van der Waals surface area contributed by atoms with Gasteiger partial charge < -0.3 is 10.0 Å². The van der Waals surface area contributed by atoms with Crippen LogP contribution in [-0.4, -0.2) is 56.2 Å². The van der Waals surface area contributed by atoms with E-state index in [1.807, 2.05) is 26.0 Å². The van der Waals surface area contributed by atoms with Crippen molar-refractivity contribution < 1.29 is 27.1 Å². The van der Waals surface area contributed by atoms with Crippen LogP contribution in [0.3, 0.4) is 0 Å². The lowest BCUT2D eigenvalue weighted by molar-refractivity contribution is -0.138. The van der Waals surface area contributed by atoms with Gasteiger partial charge in [0.1, 0.15) is 0 Å². The number of rotatable bonds is 6. The Bertz CT molecular complexity index is 844. The van der Waals surface area contributed by atoms with E-state index < -0.39 is 16.4 Å². The average Bonchev–Trinajstić information content (AvgIpc) is 3.08. The van der Waals surface area contributed by atoms with E-state index in [-0.39, 0.29) is 17.9 Å². The normalized spacial score (nSPS) is 41.7. The molecule has 204 valence electrons. The lowest BCUT2D eigenvalue weighted by Gasteiger charge is -2.61. The Morgan fingerprint density at radius 1 is 1.00 bits per heavy atom. The van der Waals surface area contributed by atoms with Crippen molar-refractivity contribution in [3.63, 3.8) is 0 Å². The number of fused-ring (bicyclic) bond motifs is 5. The van der Waals surface area contributed by atoms with Crippen LogP contribution in [0.15, 0.2) is 0 Å². The van der Waals surface area contributed by atoms with Crippen molar-refractivity contribution in [2.75, 3.05) is 21.1 Å². The molecule has 4 rings (SSSR count). The molecular formula is C27H49NO6S. The zero-order chi connectivity index (χ0) is 26.2. The smallest absolute Gasteiger partial charge is 0.397 e. The van der Waals surface area contributed by atoms with Crippen LogP contribution >= 0.6 is 0 Å². The molecule has 4 aliphatic carbocycles. The van der Waals surface area contributed by atoms with Gasteiger partial charge in [-0.3, -0.25) is 9.35 Å². The molecule has 9 atom stereocenters. The van der Waals surface area contributed by atoms with E-state index in [1.54, 1.807) is 0 Å². The Labute approximate surface area is 213 Å². The number of carbonyl (C=O) groups is 1. The molecular weight excluding hydrogens is 466 g/mol. The molecule has 4 aliphatic rings. The van der Waals surface area contributed by atoms with Crippen LogP contribution in [0, 0.1) is 46.3 Å². The van der Waals surface area contributed by atoms with E-state index in [1.165, 1.54) is 32.1 Å². The van der Waals surface area contributed by atoms with Crippen molar-refractivity contribution in [2.24, 2.45) is 46.3 Å². The maximum absolute atomic E-state index is 11.2. The number of carboxylic acids is 1. The lowest BCUT2D eigenvalue weighted by atomic mass is 9.44. The van der Waals surface area contributed by atoms with Gasteiger partial charge in [-0.15, -0.1) is 0 Å². The van der Waals surface area contributed by atoms with Gasteiger partial charge in [0.25, 0.3) is 0 Å². The fourth-order valence-corrected chi connectivity index (χ4v) is 9.52. The summed E-state index contributed by atoms with van der Waals surface area (Å²) >= 11 is 0. The van der Waals surface area contributed by atoms with Gasteiger partial charge in [-0.25, -0.2) is 4.18 Å². The van der Waals surface area contributed by atoms with Crippen LogP contribution in [0.5, 0.6) is 0 Å². The fraction of sp³-hybridized carbons (Fsp3) is 0.963. The number of carboxylic acid groups (broad SMARTS) is 1. The molecule has 0 unspecified atom stereocenters. The number of aliphatic carboxylic acids is 1. The standard InChI is InChI=1S/C24H40O6S.C3H9N/c1-15(4-9-22(25)26)19-7-8-20-18-6-5-16-14-17(30-31(27,28)29)10-12-23(16,2)21(18)11-13-24(19,20)3;1-4(2)3/h15-21H,4-14H2,1-3H3,(H,25,26)(H,27,28,29);1-3H3/t15-,16-,17-,18+,19-,20+,21+,23+,24-;/m1./s1. The van der Waals surface area contributed by atoms with Gasteiger partial charge in [0, 0.05) is 6.42 Å². The molecule has 0 amide bonds. The third-order valence-electron chi connectivity index (χ3n) is 10.4. The minimum Gasteiger partial charge on any atom is -0.481 e. The van der Waals surface area contributed by atoms with Crippen molar-refractivity contribution in [1.82, 2.24) is 4.90 Å². The summed E-state index contributed by atoms with van der Waals surface area (Å²) in [5.41, 5.74) is 0.559. The summed E-state index contributed by atoms with van der Waals surface area (Å²) in [6.07, 6.45) is 10.4. The molecule has 4 saturated carbocycles. The second-order valence-electron chi connectivity index (χ2n) is 13.1. The molecule has 4 fully saturated rings. The Balaban J connectivity index is 0.000000795. The van der Waals surface area contributed by atoms with Crippen LogP contribution in [0.2, 0.25) is 0 Å². The van der Waals surface area contributed by atoms with Crippen LogP contribution in [0.1, 0.15) is 91.4 Å². The second-order valence-corrected chi connectivity index (χ2v) is 14.1. The Kier molecular flexibility index (Phi) is 9.04. The SMILES string of the molecule is CN(C)C.C[C@H](CCC(=O)O)[C@H]1CC[C@H]2[C@@H]3CC[C@@H]4C[C@H](OS(=O)(=O)O)CC[C@]4(C)[C@H]3CC[C@]12C. The Hall–Kier alpha value is -0.700. The van der Waals surface area contributed by atoms with Gasteiger partial charge in [0.2, 0.25) is 0 Å².